The highest BCUT2D eigenvalue weighted by atomic mass is 35.5. The molecule has 0 saturated carbocycles. The number of carboxylic acid groups (broad SMARTS) is 1. The zero-order valence-electron chi connectivity index (χ0n) is 10.9. The van der Waals surface area contributed by atoms with E-state index in [9.17, 15) is 15.0 Å². The van der Waals surface area contributed by atoms with Crippen LogP contribution in [-0.4, -0.2) is 21.2 Å². The fourth-order valence-electron chi connectivity index (χ4n) is 1.72. The zero-order valence-corrected chi connectivity index (χ0v) is 12.4. The van der Waals surface area contributed by atoms with Crippen molar-refractivity contribution in [1.29, 1.82) is 0 Å². The van der Waals surface area contributed by atoms with E-state index in [-0.39, 0.29) is 27.2 Å². The lowest BCUT2D eigenvalue weighted by Gasteiger charge is -2.26. The molecule has 5 nitrogen and oxygen atoms in total. The third-order valence-electron chi connectivity index (χ3n) is 2.85. The highest BCUT2D eigenvalue weighted by molar-refractivity contribution is 6.35. The first-order chi connectivity index (χ1) is 9.84. The van der Waals surface area contributed by atoms with Gasteiger partial charge in [-0.15, -0.1) is 0 Å². The second-order valence-electron chi connectivity index (χ2n) is 4.39. The van der Waals surface area contributed by atoms with Gasteiger partial charge in [-0.3, -0.25) is 4.98 Å². The molecule has 1 heterocycles. The Hall–Kier alpha value is -1.98. The van der Waals surface area contributed by atoms with Gasteiger partial charge in [-0.2, -0.15) is 0 Å². The van der Waals surface area contributed by atoms with Crippen LogP contribution in [0.1, 0.15) is 12.6 Å². The molecule has 0 aliphatic heterocycles. The van der Waals surface area contributed by atoms with E-state index in [1.54, 1.807) is 12.1 Å². The molecule has 1 unspecified atom stereocenters. The van der Waals surface area contributed by atoms with Gasteiger partial charge in [-0.05, 0) is 25.1 Å². The van der Waals surface area contributed by atoms with Crippen LogP contribution in [0.15, 0.2) is 36.5 Å². The van der Waals surface area contributed by atoms with Crippen molar-refractivity contribution in [3.8, 4) is 11.5 Å². The number of hydrogen-bond acceptors (Lipinski definition) is 4. The molecule has 0 bridgehead atoms. The molecule has 7 heteroatoms. The minimum absolute atomic E-state index is 0.00946. The smallest absolute Gasteiger partial charge is 0.354 e. The number of carboxylic acids is 1. The molecule has 21 heavy (non-hydrogen) atoms. The largest absolute Gasteiger partial charge is 0.504 e. The number of pyridine rings is 1. The van der Waals surface area contributed by atoms with E-state index in [2.05, 4.69) is 4.98 Å². The van der Waals surface area contributed by atoms with Crippen molar-refractivity contribution in [3.63, 3.8) is 0 Å². The van der Waals surface area contributed by atoms with Gasteiger partial charge in [0.25, 0.3) is 0 Å². The van der Waals surface area contributed by atoms with Crippen LogP contribution in [0.4, 0.5) is 0 Å². The maximum absolute atomic E-state index is 11.6. The Morgan fingerprint density at radius 3 is 2.57 bits per heavy atom. The van der Waals surface area contributed by atoms with Gasteiger partial charge in [0.15, 0.2) is 11.5 Å². The van der Waals surface area contributed by atoms with Gasteiger partial charge in [0.2, 0.25) is 5.60 Å². The molecule has 2 aromatic rings. The van der Waals surface area contributed by atoms with Gasteiger partial charge in [0.1, 0.15) is 5.69 Å². The number of ether oxygens (including phenoxy) is 1. The lowest BCUT2D eigenvalue weighted by atomic mass is 10.0. The molecule has 2 rings (SSSR count). The van der Waals surface area contributed by atoms with Crippen LogP contribution in [0.2, 0.25) is 10.0 Å². The summed E-state index contributed by atoms with van der Waals surface area (Å²) in [5.41, 5.74) is -1.88. The maximum Gasteiger partial charge on any atom is 0.354 e. The fourth-order valence-corrected chi connectivity index (χ4v) is 2.28. The van der Waals surface area contributed by atoms with E-state index in [4.69, 9.17) is 27.9 Å². The summed E-state index contributed by atoms with van der Waals surface area (Å²) in [5.74, 6) is -1.48. The van der Waals surface area contributed by atoms with Crippen molar-refractivity contribution >= 4 is 29.2 Å². The number of carbonyl (C=O) groups is 1. The van der Waals surface area contributed by atoms with E-state index in [0.717, 1.165) is 0 Å². The number of halogens is 2. The normalized spacial score (nSPS) is 13.5. The van der Waals surface area contributed by atoms with Crippen molar-refractivity contribution < 1.29 is 19.7 Å². The van der Waals surface area contributed by atoms with Crippen LogP contribution < -0.4 is 4.74 Å². The third-order valence-corrected chi connectivity index (χ3v) is 3.34. The van der Waals surface area contributed by atoms with E-state index < -0.39 is 11.6 Å². The average Bonchev–Trinajstić information content (AvgIpc) is 2.41. The molecule has 110 valence electrons. The van der Waals surface area contributed by atoms with Gasteiger partial charge >= 0.3 is 5.97 Å². The minimum Gasteiger partial charge on any atom is -0.504 e. The van der Waals surface area contributed by atoms with Crippen LogP contribution >= 0.6 is 23.2 Å². The lowest BCUT2D eigenvalue weighted by molar-refractivity contribution is -0.155. The molecule has 1 aromatic heterocycles. The second kappa shape index (κ2) is 5.79. The van der Waals surface area contributed by atoms with Crippen molar-refractivity contribution in [2.75, 3.05) is 0 Å². The van der Waals surface area contributed by atoms with Gasteiger partial charge in [-0.1, -0.05) is 35.3 Å². The molecule has 2 N–H and O–H groups in total. The Kier molecular flexibility index (Phi) is 4.25. The fraction of sp³-hybridized carbons (Fsp3) is 0.143. The first-order valence-electron chi connectivity index (χ1n) is 5.86. The number of para-hydroxylation sites is 2. The molecular formula is C14H11Cl2NO4. The maximum atomic E-state index is 11.6. The molecule has 0 aliphatic carbocycles. The van der Waals surface area contributed by atoms with E-state index in [1.807, 2.05) is 0 Å². The summed E-state index contributed by atoms with van der Waals surface area (Å²) in [5, 5.41) is 19.6. The SMILES string of the molecule is CC(Oc1ccccc1O)(C(=O)O)c1ncc(Cl)cc1Cl. The van der Waals surface area contributed by atoms with Crippen LogP contribution in [0, 0.1) is 0 Å². The molecule has 1 aromatic carbocycles. The summed E-state index contributed by atoms with van der Waals surface area (Å²) in [6.07, 6.45) is 1.28. The average molecular weight is 328 g/mol. The standard InChI is InChI=1S/C14H11Cl2NO4/c1-14(13(19)20,12-9(16)6-8(15)7-17-12)21-11-5-3-2-4-10(11)18/h2-7,18H,1H3,(H,19,20). The molecule has 0 saturated heterocycles. The zero-order chi connectivity index (χ0) is 15.6. The Balaban J connectivity index is 2.51. The van der Waals surface area contributed by atoms with Crippen molar-refractivity contribution in [1.82, 2.24) is 4.98 Å². The Morgan fingerprint density at radius 1 is 1.33 bits per heavy atom. The van der Waals surface area contributed by atoms with Crippen molar-refractivity contribution in [3.05, 3.63) is 52.3 Å². The second-order valence-corrected chi connectivity index (χ2v) is 5.24. The van der Waals surface area contributed by atoms with Crippen LogP contribution in [0.25, 0.3) is 0 Å². The number of hydrogen-bond donors (Lipinski definition) is 2. The van der Waals surface area contributed by atoms with Crippen molar-refractivity contribution in [2.24, 2.45) is 0 Å². The number of aromatic nitrogens is 1. The predicted octanol–water partition coefficient (Wildman–Crippen LogP) is 3.47. The number of aliphatic carboxylic acids is 1. The number of benzene rings is 1. The Morgan fingerprint density at radius 2 is 2.00 bits per heavy atom. The number of aromatic hydroxyl groups is 1. The topological polar surface area (TPSA) is 79.7 Å². The van der Waals surface area contributed by atoms with Gasteiger partial charge < -0.3 is 14.9 Å². The molecule has 0 aliphatic rings. The summed E-state index contributed by atoms with van der Waals surface area (Å²) >= 11 is 11.8. The summed E-state index contributed by atoms with van der Waals surface area (Å²) in [6.45, 7) is 1.30. The van der Waals surface area contributed by atoms with E-state index >= 15 is 0 Å². The molecule has 1 atom stereocenters. The lowest BCUT2D eigenvalue weighted by Crippen LogP contribution is -2.39. The Labute approximate surface area is 130 Å². The highest BCUT2D eigenvalue weighted by Gasteiger charge is 2.42. The molecule has 0 spiro atoms. The number of nitrogens with zero attached hydrogens (tertiary/aromatic N) is 1. The van der Waals surface area contributed by atoms with Gasteiger partial charge in [-0.25, -0.2) is 4.79 Å². The molecule has 0 amide bonds. The van der Waals surface area contributed by atoms with E-state index in [1.165, 1.54) is 31.3 Å². The molecule has 0 fully saturated rings. The summed E-state index contributed by atoms with van der Waals surface area (Å²) in [6, 6.07) is 7.40. The Bertz CT molecular complexity index is 692. The van der Waals surface area contributed by atoms with E-state index in [0.29, 0.717) is 0 Å². The minimum atomic E-state index is -1.87. The first-order valence-corrected chi connectivity index (χ1v) is 6.62. The van der Waals surface area contributed by atoms with Gasteiger partial charge in [0, 0.05) is 6.20 Å². The predicted molar refractivity (Wildman–Crippen MR) is 78.0 cm³/mol. The number of phenols is 1. The van der Waals surface area contributed by atoms with Crippen molar-refractivity contribution in [2.45, 2.75) is 12.5 Å². The summed E-state index contributed by atoms with van der Waals surface area (Å²) in [7, 11) is 0. The number of rotatable bonds is 4. The monoisotopic (exact) mass is 327 g/mol. The highest BCUT2D eigenvalue weighted by Crippen LogP contribution is 2.36. The molecule has 0 radical (unpaired) electrons. The number of phenolic OH excluding ortho intramolecular Hbond substituents is 1. The third kappa shape index (κ3) is 3.04. The van der Waals surface area contributed by atoms with Crippen LogP contribution in [0.5, 0.6) is 11.5 Å². The summed E-state index contributed by atoms with van der Waals surface area (Å²) in [4.78, 5) is 15.6. The van der Waals surface area contributed by atoms with Crippen LogP contribution in [-0.2, 0) is 10.4 Å². The van der Waals surface area contributed by atoms with Crippen LogP contribution in [0.3, 0.4) is 0 Å². The summed E-state index contributed by atoms with van der Waals surface area (Å²) < 4.78 is 5.46. The molecular weight excluding hydrogens is 317 g/mol. The first kappa shape index (κ1) is 15.4. The quantitative estimate of drug-likeness (QED) is 0.898. The van der Waals surface area contributed by atoms with Gasteiger partial charge in [0.05, 0.1) is 10.0 Å².